The summed E-state index contributed by atoms with van der Waals surface area (Å²) in [5, 5.41) is 22.0. The van der Waals surface area contributed by atoms with Gasteiger partial charge in [0.25, 0.3) is 0 Å². The normalized spacial score (nSPS) is 29.4. The number of aliphatic hydroxyl groups excluding tert-OH is 2. The number of amides is 1. The zero-order chi connectivity index (χ0) is 12.1. The lowest BCUT2D eigenvalue weighted by molar-refractivity contribution is -0.133. The molecule has 0 aromatic rings. The molecule has 0 aliphatic carbocycles. The molecule has 1 rings (SSSR count). The van der Waals surface area contributed by atoms with Gasteiger partial charge in [0, 0.05) is 20.0 Å². The first kappa shape index (κ1) is 13.4. The van der Waals surface area contributed by atoms with Crippen LogP contribution in [0.15, 0.2) is 0 Å². The van der Waals surface area contributed by atoms with Crippen molar-refractivity contribution in [1.82, 2.24) is 10.2 Å². The topological polar surface area (TPSA) is 72.8 Å². The average molecular weight is 230 g/mol. The summed E-state index contributed by atoms with van der Waals surface area (Å²) in [5.41, 5.74) is 0. The predicted molar refractivity (Wildman–Crippen MR) is 61.0 cm³/mol. The van der Waals surface area contributed by atoms with Crippen LogP contribution in [0.2, 0.25) is 0 Å². The number of carbonyl (C=O) groups is 1. The Morgan fingerprint density at radius 3 is 2.69 bits per heavy atom. The van der Waals surface area contributed by atoms with Crippen LogP contribution in [-0.4, -0.2) is 58.9 Å². The molecule has 0 radical (unpaired) electrons. The van der Waals surface area contributed by atoms with Crippen molar-refractivity contribution < 1.29 is 15.0 Å². The van der Waals surface area contributed by atoms with Gasteiger partial charge in [-0.1, -0.05) is 13.3 Å². The van der Waals surface area contributed by atoms with E-state index in [1.54, 1.807) is 4.90 Å². The number of nitrogens with zero attached hydrogens (tertiary/aromatic N) is 1. The van der Waals surface area contributed by atoms with Gasteiger partial charge in [-0.3, -0.25) is 4.79 Å². The molecule has 3 atom stereocenters. The Kier molecular flexibility index (Phi) is 5.18. The van der Waals surface area contributed by atoms with E-state index in [-0.39, 0.29) is 24.6 Å². The molecule has 94 valence electrons. The quantitative estimate of drug-likeness (QED) is 0.585. The van der Waals surface area contributed by atoms with E-state index in [0.29, 0.717) is 13.1 Å². The lowest BCUT2D eigenvalue weighted by atomic mass is 10.1. The Morgan fingerprint density at radius 1 is 1.56 bits per heavy atom. The summed E-state index contributed by atoms with van der Waals surface area (Å²) in [5.74, 6) is -0.0158. The fraction of sp³-hybridized carbons (Fsp3) is 0.909. The third kappa shape index (κ3) is 2.93. The molecule has 1 aliphatic heterocycles. The summed E-state index contributed by atoms with van der Waals surface area (Å²) < 4.78 is 0. The highest BCUT2D eigenvalue weighted by Crippen LogP contribution is 2.15. The number of rotatable bonds is 5. The number of unbranched alkanes of at least 4 members (excludes halogenated alkanes) is 1. The smallest absolute Gasteiger partial charge is 0.219 e. The molecule has 1 heterocycles. The van der Waals surface area contributed by atoms with Gasteiger partial charge in [0.2, 0.25) is 5.91 Å². The molecule has 16 heavy (non-hydrogen) atoms. The number of carbonyl (C=O) groups excluding carboxylic acids is 1. The first-order valence-corrected chi connectivity index (χ1v) is 5.91. The first-order chi connectivity index (χ1) is 7.61. The summed E-state index contributed by atoms with van der Waals surface area (Å²) in [6.45, 7) is 4.72. The Hall–Kier alpha value is -0.650. The maximum absolute atomic E-state index is 11.5. The molecule has 1 amide bonds. The molecule has 0 bridgehead atoms. The van der Waals surface area contributed by atoms with Crippen molar-refractivity contribution in [1.29, 1.82) is 0 Å². The standard InChI is InChI=1S/C11H22N2O3/c1-3-4-5-13(8(2)15)10-6-12-9(7-14)11(10)16/h9-12,14,16H,3-7H2,1-2H3/t9-,10-,11-/m0/s1. The molecule has 1 aliphatic rings. The maximum Gasteiger partial charge on any atom is 0.219 e. The lowest BCUT2D eigenvalue weighted by Gasteiger charge is -2.30. The van der Waals surface area contributed by atoms with Crippen molar-refractivity contribution in [2.75, 3.05) is 19.7 Å². The number of aliphatic hydroxyl groups is 2. The Labute approximate surface area is 96.4 Å². The van der Waals surface area contributed by atoms with Gasteiger partial charge in [-0.2, -0.15) is 0 Å². The van der Waals surface area contributed by atoms with Crippen LogP contribution in [0.5, 0.6) is 0 Å². The predicted octanol–water partition coefficient (Wildman–Crippen LogP) is -0.671. The monoisotopic (exact) mass is 230 g/mol. The van der Waals surface area contributed by atoms with E-state index in [1.807, 2.05) is 0 Å². The van der Waals surface area contributed by atoms with Crippen molar-refractivity contribution in [3.8, 4) is 0 Å². The fourth-order valence-corrected chi connectivity index (χ4v) is 2.13. The van der Waals surface area contributed by atoms with Crippen LogP contribution in [0.4, 0.5) is 0 Å². The van der Waals surface area contributed by atoms with Gasteiger partial charge in [-0.25, -0.2) is 0 Å². The van der Waals surface area contributed by atoms with E-state index in [0.717, 1.165) is 12.8 Å². The van der Waals surface area contributed by atoms with Gasteiger partial charge in [0.15, 0.2) is 0 Å². The van der Waals surface area contributed by atoms with Gasteiger partial charge in [0.05, 0.1) is 24.8 Å². The van der Waals surface area contributed by atoms with Crippen LogP contribution in [0.25, 0.3) is 0 Å². The molecule has 5 heteroatoms. The van der Waals surface area contributed by atoms with E-state index < -0.39 is 6.10 Å². The highest BCUT2D eigenvalue weighted by molar-refractivity contribution is 5.73. The number of hydrogen-bond acceptors (Lipinski definition) is 4. The van der Waals surface area contributed by atoms with Gasteiger partial charge >= 0.3 is 0 Å². The third-order valence-electron chi connectivity index (χ3n) is 3.15. The highest BCUT2D eigenvalue weighted by atomic mass is 16.3. The summed E-state index contributed by atoms with van der Waals surface area (Å²) in [4.78, 5) is 13.2. The zero-order valence-electron chi connectivity index (χ0n) is 10.0. The van der Waals surface area contributed by atoms with Crippen LogP contribution in [0, 0.1) is 0 Å². The van der Waals surface area contributed by atoms with E-state index in [1.165, 1.54) is 6.92 Å². The average Bonchev–Trinajstić information content (AvgIpc) is 2.60. The van der Waals surface area contributed by atoms with Crippen LogP contribution in [0.1, 0.15) is 26.7 Å². The van der Waals surface area contributed by atoms with E-state index in [2.05, 4.69) is 12.2 Å². The highest BCUT2D eigenvalue weighted by Gasteiger charge is 2.38. The molecule has 0 unspecified atom stereocenters. The molecule has 1 fully saturated rings. The Balaban J connectivity index is 2.61. The Bertz CT molecular complexity index is 235. The largest absolute Gasteiger partial charge is 0.395 e. The first-order valence-electron chi connectivity index (χ1n) is 5.91. The Morgan fingerprint density at radius 2 is 2.25 bits per heavy atom. The molecule has 0 saturated carbocycles. The lowest BCUT2D eigenvalue weighted by Crippen LogP contribution is -2.48. The molecular weight excluding hydrogens is 208 g/mol. The van der Waals surface area contributed by atoms with Crippen molar-refractivity contribution in [3.63, 3.8) is 0 Å². The van der Waals surface area contributed by atoms with Crippen LogP contribution < -0.4 is 5.32 Å². The molecule has 5 nitrogen and oxygen atoms in total. The van der Waals surface area contributed by atoms with E-state index in [9.17, 15) is 9.90 Å². The van der Waals surface area contributed by atoms with Crippen molar-refractivity contribution in [2.45, 2.75) is 44.9 Å². The van der Waals surface area contributed by atoms with Crippen molar-refractivity contribution >= 4 is 5.91 Å². The maximum atomic E-state index is 11.5. The molecule has 0 aromatic carbocycles. The number of hydrogen-bond donors (Lipinski definition) is 3. The minimum atomic E-state index is -0.675. The van der Waals surface area contributed by atoms with Crippen LogP contribution >= 0.6 is 0 Å². The van der Waals surface area contributed by atoms with Crippen molar-refractivity contribution in [2.24, 2.45) is 0 Å². The minimum absolute atomic E-state index is 0.0158. The molecule has 0 spiro atoms. The molecule has 3 N–H and O–H groups in total. The van der Waals surface area contributed by atoms with Crippen molar-refractivity contribution in [3.05, 3.63) is 0 Å². The second-order valence-electron chi connectivity index (χ2n) is 4.32. The van der Waals surface area contributed by atoms with E-state index in [4.69, 9.17) is 5.11 Å². The van der Waals surface area contributed by atoms with Crippen LogP contribution in [0.3, 0.4) is 0 Å². The second-order valence-corrected chi connectivity index (χ2v) is 4.32. The van der Waals surface area contributed by atoms with E-state index >= 15 is 0 Å². The van der Waals surface area contributed by atoms with Gasteiger partial charge in [-0.15, -0.1) is 0 Å². The zero-order valence-corrected chi connectivity index (χ0v) is 10.0. The minimum Gasteiger partial charge on any atom is -0.395 e. The summed E-state index contributed by atoms with van der Waals surface area (Å²) in [7, 11) is 0. The SMILES string of the molecule is CCCCN(C(C)=O)[C@H]1CN[C@@H](CO)[C@@H]1O. The van der Waals surface area contributed by atoms with Crippen LogP contribution in [-0.2, 0) is 4.79 Å². The number of nitrogens with one attached hydrogen (secondary N) is 1. The molecular formula is C11H22N2O3. The molecule has 0 aromatic heterocycles. The molecule has 1 saturated heterocycles. The summed E-state index contributed by atoms with van der Waals surface area (Å²) in [6.07, 6.45) is 1.28. The third-order valence-corrected chi connectivity index (χ3v) is 3.15. The fourth-order valence-electron chi connectivity index (χ4n) is 2.13. The van der Waals surface area contributed by atoms with Gasteiger partial charge < -0.3 is 20.4 Å². The van der Waals surface area contributed by atoms with Gasteiger partial charge in [0.1, 0.15) is 0 Å². The summed E-state index contributed by atoms with van der Waals surface area (Å²) in [6, 6.07) is -0.519. The second kappa shape index (κ2) is 6.18. The van der Waals surface area contributed by atoms with Gasteiger partial charge in [-0.05, 0) is 6.42 Å². The summed E-state index contributed by atoms with van der Waals surface area (Å²) >= 11 is 0.